The molecule has 0 aromatic heterocycles. The molecule has 0 radical (unpaired) electrons. The van der Waals surface area contributed by atoms with Crippen molar-refractivity contribution in [3.63, 3.8) is 0 Å². The number of Topliss-reactive ketones (excluding diaryl/α,β-unsaturated/α-hetero) is 2. The monoisotopic (exact) mass is 262 g/mol. The highest BCUT2D eigenvalue weighted by molar-refractivity contribution is 6.41. The van der Waals surface area contributed by atoms with Gasteiger partial charge in [-0.15, -0.1) is 0 Å². The maximum absolute atomic E-state index is 12.3. The van der Waals surface area contributed by atoms with Gasteiger partial charge in [-0.1, -0.05) is 48.0 Å². The number of hydrogen-bond acceptors (Lipinski definition) is 2. The van der Waals surface area contributed by atoms with Gasteiger partial charge in [-0.3, -0.25) is 9.59 Å². The lowest BCUT2D eigenvalue weighted by Crippen LogP contribution is -2.00. The third-order valence-corrected chi connectivity index (χ3v) is 3.64. The zero-order chi connectivity index (χ0) is 14.3. The average Bonchev–Trinajstić information content (AvgIpc) is 2.68. The molecule has 2 nitrogen and oxygen atoms in total. The molecule has 0 spiro atoms. The Morgan fingerprint density at radius 1 is 0.850 bits per heavy atom. The number of aryl methyl sites for hydroxylation is 2. The highest BCUT2D eigenvalue weighted by Gasteiger charge is 2.32. The van der Waals surface area contributed by atoms with Crippen molar-refractivity contribution in [3.05, 3.63) is 75.9 Å². The van der Waals surface area contributed by atoms with E-state index >= 15 is 0 Å². The second-order valence-electron chi connectivity index (χ2n) is 5.12. The second kappa shape index (κ2) is 4.57. The maximum Gasteiger partial charge on any atom is 0.197 e. The van der Waals surface area contributed by atoms with Crippen molar-refractivity contribution in [2.45, 2.75) is 13.8 Å². The fourth-order valence-electron chi connectivity index (χ4n) is 2.47. The molecule has 0 atom stereocenters. The van der Waals surface area contributed by atoms with Gasteiger partial charge in [-0.05, 0) is 31.1 Å². The average molecular weight is 262 g/mol. The van der Waals surface area contributed by atoms with Crippen molar-refractivity contribution in [1.29, 1.82) is 0 Å². The van der Waals surface area contributed by atoms with Crippen LogP contribution in [-0.4, -0.2) is 11.6 Å². The Hall–Kier alpha value is -2.48. The minimum atomic E-state index is -0.175. The molecule has 2 heteroatoms. The minimum absolute atomic E-state index is 0.175. The smallest absolute Gasteiger partial charge is 0.197 e. The van der Waals surface area contributed by atoms with Crippen LogP contribution in [0.5, 0.6) is 0 Å². The van der Waals surface area contributed by atoms with E-state index in [-0.39, 0.29) is 17.1 Å². The van der Waals surface area contributed by atoms with Gasteiger partial charge in [0.25, 0.3) is 0 Å². The molecular weight excluding hydrogens is 248 g/mol. The van der Waals surface area contributed by atoms with Crippen LogP contribution in [0.4, 0.5) is 0 Å². The predicted octanol–water partition coefficient (Wildman–Crippen LogP) is 3.77. The molecule has 0 aliphatic heterocycles. The molecule has 0 heterocycles. The number of hydrogen-bond donors (Lipinski definition) is 0. The number of fused-ring (bicyclic) bond motifs is 1. The number of carbonyl (C=O) groups is 2. The number of allylic oxidation sites excluding steroid dienone is 1. The Kier molecular flexibility index (Phi) is 2.87. The molecule has 20 heavy (non-hydrogen) atoms. The first-order valence-electron chi connectivity index (χ1n) is 6.55. The van der Waals surface area contributed by atoms with Crippen molar-refractivity contribution < 1.29 is 9.59 Å². The third-order valence-electron chi connectivity index (χ3n) is 3.64. The van der Waals surface area contributed by atoms with Crippen LogP contribution in [0.2, 0.25) is 0 Å². The van der Waals surface area contributed by atoms with E-state index in [4.69, 9.17) is 0 Å². The van der Waals surface area contributed by atoms with E-state index in [9.17, 15) is 9.59 Å². The Bertz CT molecular complexity index is 730. The minimum Gasteiger partial charge on any atom is -0.288 e. The molecule has 2 aromatic rings. The molecular formula is C18H14O2. The lowest BCUT2D eigenvalue weighted by atomic mass is 10.0. The summed E-state index contributed by atoms with van der Waals surface area (Å²) in [6.07, 6.45) is 1.72. The highest BCUT2D eigenvalue weighted by Crippen LogP contribution is 2.28. The molecule has 98 valence electrons. The molecule has 0 saturated carbocycles. The summed E-state index contributed by atoms with van der Waals surface area (Å²) in [6, 6.07) is 13.0. The van der Waals surface area contributed by atoms with E-state index in [0.29, 0.717) is 11.1 Å². The molecule has 0 bridgehead atoms. The van der Waals surface area contributed by atoms with Gasteiger partial charge < -0.3 is 0 Å². The SMILES string of the molecule is Cc1ccc(C)c(C=C2C(=O)c3ccccc3C2=O)c1. The van der Waals surface area contributed by atoms with Crippen LogP contribution in [0.25, 0.3) is 6.08 Å². The Balaban J connectivity index is 2.13. The summed E-state index contributed by atoms with van der Waals surface area (Å²) >= 11 is 0. The predicted molar refractivity (Wildman–Crippen MR) is 79.0 cm³/mol. The van der Waals surface area contributed by atoms with Gasteiger partial charge in [0, 0.05) is 11.1 Å². The van der Waals surface area contributed by atoms with Gasteiger partial charge in [0.1, 0.15) is 0 Å². The molecule has 1 aliphatic carbocycles. The quantitative estimate of drug-likeness (QED) is 0.579. The van der Waals surface area contributed by atoms with Crippen molar-refractivity contribution in [2.75, 3.05) is 0 Å². The number of benzene rings is 2. The Morgan fingerprint density at radius 3 is 2.05 bits per heavy atom. The van der Waals surface area contributed by atoms with Crippen LogP contribution >= 0.6 is 0 Å². The van der Waals surface area contributed by atoms with Gasteiger partial charge >= 0.3 is 0 Å². The largest absolute Gasteiger partial charge is 0.288 e. The van der Waals surface area contributed by atoms with Crippen LogP contribution < -0.4 is 0 Å². The molecule has 3 rings (SSSR count). The van der Waals surface area contributed by atoms with E-state index < -0.39 is 0 Å². The van der Waals surface area contributed by atoms with Crippen molar-refractivity contribution in [2.24, 2.45) is 0 Å². The zero-order valence-electron chi connectivity index (χ0n) is 11.4. The van der Waals surface area contributed by atoms with Crippen molar-refractivity contribution in [1.82, 2.24) is 0 Å². The number of rotatable bonds is 1. The molecule has 1 aliphatic rings. The Morgan fingerprint density at radius 2 is 1.45 bits per heavy atom. The summed E-state index contributed by atoms with van der Waals surface area (Å²) in [6.45, 7) is 3.97. The van der Waals surface area contributed by atoms with E-state index in [1.807, 2.05) is 32.0 Å². The van der Waals surface area contributed by atoms with Gasteiger partial charge in [0.2, 0.25) is 0 Å². The molecule has 0 saturated heterocycles. The summed E-state index contributed by atoms with van der Waals surface area (Å²) in [5.41, 5.74) is 4.37. The lowest BCUT2D eigenvalue weighted by Gasteiger charge is -2.03. The van der Waals surface area contributed by atoms with E-state index in [1.54, 1.807) is 30.3 Å². The standard InChI is InChI=1S/C18H14O2/c1-11-7-8-12(2)13(9-11)10-16-17(19)14-5-3-4-6-15(14)18(16)20/h3-10H,1-2H3. The van der Waals surface area contributed by atoms with Crippen molar-refractivity contribution >= 4 is 17.6 Å². The van der Waals surface area contributed by atoms with Crippen LogP contribution in [0, 0.1) is 13.8 Å². The van der Waals surface area contributed by atoms with Crippen LogP contribution in [0.1, 0.15) is 37.4 Å². The summed E-state index contributed by atoms with van der Waals surface area (Å²) in [4.78, 5) is 24.6. The normalized spacial score (nSPS) is 13.6. The first kappa shape index (κ1) is 12.5. The molecule has 0 amide bonds. The van der Waals surface area contributed by atoms with E-state index in [1.165, 1.54) is 0 Å². The molecule has 0 fully saturated rings. The van der Waals surface area contributed by atoms with E-state index in [2.05, 4.69) is 0 Å². The first-order chi connectivity index (χ1) is 9.58. The van der Waals surface area contributed by atoms with E-state index in [0.717, 1.165) is 16.7 Å². The van der Waals surface area contributed by atoms with Crippen LogP contribution in [-0.2, 0) is 0 Å². The topological polar surface area (TPSA) is 34.1 Å². The maximum atomic E-state index is 12.3. The number of carbonyl (C=O) groups excluding carboxylic acids is 2. The summed E-state index contributed by atoms with van der Waals surface area (Å²) < 4.78 is 0. The summed E-state index contributed by atoms with van der Waals surface area (Å²) in [5, 5.41) is 0. The summed E-state index contributed by atoms with van der Waals surface area (Å²) in [5.74, 6) is -0.349. The third kappa shape index (κ3) is 1.90. The zero-order valence-corrected chi connectivity index (χ0v) is 11.4. The number of ketones is 2. The summed E-state index contributed by atoms with van der Waals surface area (Å²) in [7, 11) is 0. The van der Waals surface area contributed by atoms with Crippen molar-refractivity contribution in [3.8, 4) is 0 Å². The molecule has 2 aromatic carbocycles. The van der Waals surface area contributed by atoms with Crippen LogP contribution in [0.3, 0.4) is 0 Å². The highest BCUT2D eigenvalue weighted by atomic mass is 16.2. The molecule has 0 N–H and O–H groups in total. The molecule has 0 unspecified atom stereocenters. The fraction of sp³-hybridized carbons (Fsp3) is 0.111. The Labute approximate surface area is 117 Å². The van der Waals surface area contributed by atoms with Gasteiger partial charge in [0.05, 0.1) is 5.57 Å². The fourth-order valence-corrected chi connectivity index (χ4v) is 2.47. The van der Waals surface area contributed by atoms with Crippen LogP contribution in [0.15, 0.2) is 48.0 Å². The van der Waals surface area contributed by atoms with Gasteiger partial charge in [-0.25, -0.2) is 0 Å². The van der Waals surface area contributed by atoms with Gasteiger partial charge in [-0.2, -0.15) is 0 Å². The first-order valence-corrected chi connectivity index (χ1v) is 6.55. The second-order valence-corrected chi connectivity index (χ2v) is 5.12. The lowest BCUT2D eigenvalue weighted by molar-refractivity contribution is 0.0990. The van der Waals surface area contributed by atoms with Gasteiger partial charge in [0.15, 0.2) is 11.6 Å².